The van der Waals surface area contributed by atoms with E-state index >= 15 is 0 Å². The molecule has 0 rings (SSSR count). The molecule has 0 bridgehead atoms. The minimum Gasteiger partial charge on any atom is -0.382 e. The van der Waals surface area contributed by atoms with Crippen LogP contribution < -0.4 is 10.6 Å². The minimum absolute atomic E-state index is 0. The third-order valence-corrected chi connectivity index (χ3v) is 3.51. The quantitative estimate of drug-likeness (QED) is 0.217. The summed E-state index contributed by atoms with van der Waals surface area (Å²) in [6.45, 7) is 17.2. The highest BCUT2D eigenvalue weighted by Gasteiger charge is 2.09. The van der Waals surface area contributed by atoms with Crippen LogP contribution in [0.15, 0.2) is 4.99 Å². The van der Waals surface area contributed by atoms with Gasteiger partial charge in [-0.3, -0.25) is 9.89 Å². The number of nitrogens with one attached hydrogen (secondary N) is 2. The van der Waals surface area contributed by atoms with E-state index in [0.29, 0.717) is 6.04 Å². The molecule has 0 radical (unpaired) electrons. The van der Waals surface area contributed by atoms with Crippen molar-refractivity contribution in [2.45, 2.75) is 53.5 Å². The van der Waals surface area contributed by atoms with Crippen molar-refractivity contribution in [3.8, 4) is 0 Å². The molecule has 1 atom stereocenters. The monoisotopic (exact) mass is 428 g/mol. The lowest BCUT2D eigenvalue weighted by molar-refractivity contribution is 0.143. The Bertz CT molecular complexity index is 261. The van der Waals surface area contributed by atoms with Gasteiger partial charge in [-0.1, -0.05) is 13.8 Å². The summed E-state index contributed by atoms with van der Waals surface area (Å²) in [5, 5.41) is 6.70. The van der Waals surface area contributed by atoms with Crippen LogP contribution in [0.1, 0.15) is 47.5 Å². The van der Waals surface area contributed by atoms with Crippen LogP contribution in [0, 0.1) is 0 Å². The van der Waals surface area contributed by atoms with Gasteiger partial charge in [0.05, 0.1) is 6.54 Å². The SMILES string of the molecule is CCNC(=NCC(C)N(CC)CC)NCCCCOCC.I. The van der Waals surface area contributed by atoms with Crippen LogP contribution in [0.2, 0.25) is 0 Å². The molecule has 0 aliphatic heterocycles. The Morgan fingerprint density at radius 1 is 1.09 bits per heavy atom. The summed E-state index contributed by atoms with van der Waals surface area (Å²) in [5.41, 5.74) is 0. The minimum atomic E-state index is 0. The van der Waals surface area contributed by atoms with Crippen molar-refractivity contribution in [2.75, 3.05) is 45.9 Å². The number of hydrogen-bond donors (Lipinski definition) is 2. The summed E-state index contributed by atoms with van der Waals surface area (Å²) in [6.07, 6.45) is 2.20. The summed E-state index contributed by atoms with van der Waals surface area (Å²) in [5.74, 6) is 0.924. The van der Waals surface area contributed by atoms with Crippen LogP contribution >= 0.6 is 24.0 Å². The van der Waals surface area contributed by atoms with Crippen LogP contribution in [0.4, 0.5) is 0 Å². The summed E-state index contributed by atoms with van der Waals surface area (Å²) in [4.78, 5) is 7.11. The van der Waals surface area contributed by atoms with E-state index in [1.165, 1.54) is 0 Å². The average Bonchev–Trinajstić information content (AvgIpc) is 2.49. The molecule has 2 N–H and O–H groups in total. The van der Waals surface area contributed by atoms with E-state index in [-0.39, 0.29) is 24.0 Å². The Morgan fingerprint density at radius 3 is 2.32 bits per heavy atom. The zero-order valence-corrected chi connectivity index (χ0v) is 17.5. The van der Waals surface area contributed by atoms with Crippen LogP contribution in [0.5, 0.6) is 0 Å². The predicted octanol–water partition coefficient (Wildman–Crippen LogP) is 2.71. The molecule has 0 aromatic heterocycles. The van der Waals surface area contributed by atoms with Crippen molar-refractivity contribution in [1.82, 2.24) is 15.5 Å². The molecular weight excluding hydrogens is 391 g/mol. The van der Waals surface area contributed by atoms with Crippen LogP contribution in [0.3, 0.4) is 0 Å². The summed E-state index contributed by atoms with van der Waals surface area (Å²) >= 11 is 0. The molecule has 0 heterocycles. The number of ether oxygens (including phenoxy) is 1. The van der Waals surface area contributed by atoms with Crippen molar-refractivity contribution in [1.29, 1.82) is 0 Å². The van der Waals surface area contributed by atoms with Crippen molar-refractivity contribution >= 4 is 29.9 Å². The van der Waals surface area contributed by atoms with E-state index in [9.17, 15) is 0 Å². The zero-order valence-electron chi connectivity index (χ0n) is 15.2. The molecule has 0 saturated heterocycles. The first-order valence-electron chi connectivity index (χ1n) is 8.53. The molecule has 0 aromatic carbocycles. The number of hydrogen-bond acceptors (Lipinski definition) is 3. The van der Waals surface area contributed by atoms with Gasteiger partial charge in [0.15, 0.2) is 5.96 Å². The van der Waals surface area contributed by atoms with Crippen LogP contribution in [-0.4, -0.2) is 62.8 Å². The van der Waals surface area contributed by atoms with Crippen molar-refractivity contribution in [3.05, 3.63) is 0 Å². The smallest absolute Gasteiger partial charge is 0.191 e. The van der Waals surface area contributed by atoms with Gasteiger partial charge in [0.2, 0.25) is 0 Å². The number of guanidine groups is 1. The van der Waals surface area contributed by atoms with Gasteiger partial charge in [-0.25, -0.2) is 0 Å². The largest absolute Gasteiger partial charge is 0.382 e. The highest BCUT2D eigenvalue weighted by Crippen LogP contribution is 1.98. The molecule has 0 aromatic rings. The summed E-state index contributed by atoms with van der Waals surface area (Å²) < 4.78 is 5.34. The van der Waals surface area contributed by atoms with Crippen LogP contribution in [-0.2, 0) is 4.74 Å². The molecule has 0 fully saturated rings. The first kappa shape index (κ1) is 24.2. The molecule has 0 amide bonds. The number of nitrogens with zero attached hydrogens (tertiary/aromatic N) is 2. The molecular formula is C16H37IN4O. The third-order valence-electron chi connectivity index (χ3n) is 3.51. The van der Waals surface area contributed by atoms with Crippen molar-refractivity contribution < 1.29 is 4.74 Å². The number of rotatable bonds is 12. The highest BCUT2D eigenvalue weighted by atomic mass is 127. The van der Waals surface area contributed by atoms with Gasteiger partial charge in [-0.2, -0.15) is 0 Å². The lowest BCUT2D eigenvalue weighted by Gasteiger charge is -2.25. The molecule has 6 heteroatoms. The standard InChI is InChI=1S/C16H36N4O.HI/c1-6-17-16(18-12-10-11-13-21-9-4)19-14-15(5)20(7-2)8-3;/h15H,6-14H2,1-5H3,(H2,17,18,19);1H. The lowest BCUT2D eigenvalue weighted by atomic mass is 10.3. The maximum atomic E-state index is 5.34. The normalized spacial score (nSPS) is 12.9. The van der Waals surface area contributed by atoms with Gasteiger partial charge >= 0.3 is 0 Å². The van der Waals surface area contributed by atoms with E-state index in [1.54, 1.807) is 0 Å². The van der Waals surface area contributed by atoms with Gasteiger partial charge in [0.25, 0.3) is 0 Å². The second kappa shape index (κ2) is 17.3. The Labute approximate surface area is 154 Å². The number of aliphatic imine (C=N–C) groups is 1. The number of unbranched alkanes of at least 4 members (excludes halogenated alkanes) is 1. The van der Waals surface area contributed by atoms with Gasteiger partial charge in [-0.15, -0.1) is 24.0 Å². The molecule has 0 spiro atoms. The molecule has 0 saturated carbocycles. The predicted molar refractivity (Wildman–Crippen MR) is 108 cm³/mol. The fourth-order valence-electron chi connectivity index (χ4n) is 2.21. The van der Waals surface area contributed by atoms with Crippen molar-refractivity contribution in [2.24, 2.45) is 4.99 Å². The van der Waals surface area contributed by atoms with Gasteiger partial charge in [0.1, 0.15) is 0 Å². The Hall–Kier alpha value is -0.0800. The number of likely N-dealkylation sites (N-methyl/N-ethyl adjacent to an activating group) is 1. The van der Waals surface area contributed by atoms with E-state index in [4.69, 9.17) is 4.74 Å². The second-order valence-electron chi connectivity index (χ2n) is 5.12. The highest BCUT2D eigenvalue weighted by molar-refractivity contribution is 14.0. The lowest BCUT2D eigenvalue weighted by Crippen LogP contribution is -2.40. The fraction of sp³-hybridized carbons (Fsp3) is 0.938. The maximum Gasteiger partial charge on any atom is 0.191 e. The first-order chi connectivity index (χ1) is 10.2. The van der Waals surface area contributed by atoms with E-state index in [0.717, 1.165) is 64.7 Å². The molecule has 22 heavy (non-hydrogen) atoms. The maximum absolute atomic E-state index is 5.34. The summed E-state index contributed by atoms with van der Waals surface area (Å²) in [7, 11) is 0. The topological polar surface area (TPSA) is 48.9 Å². The Morgan fingerprint density at radius 2 is 1.77 bits per heavy atom. The number of halogens is 1. The van der Waals surface area contributed by atoms with E-state index < -0.39 is 0 Å². The second-order valence-corrected chi connectivity index (χ2v) is 5.12. The molecule has 0 aliphatic carbocycles. The summed E-state index contributed by atoms with van der Waals surface area (Å²) in [6, 6.07) is 0.480. The van der Waals surface area contributed by atoms with Gasteiger partial charge in [-0.05, 0) is 46.7 Å². The third kappa shape index (κ3) is 12.5. The molecule has 134 valence electrons. The zero-order chi connectivity index (χ0) is 15.9. The average molecular weight is 428 g/mol. The molecule has 0 aliphatic rings. The van der Waals surface area contributed by atoms with Gasteiger partial charge in [0, 0.05) is 32.3 Å². The molecule has 1 unspecified atom stereocenters. The molecule has 5 nitrogen and oxygen atoms in total. The van der Waals surface area contributed by atoms with E-state index in [1.807, 2.05) is 6.92 Å². The van der Waals surface area contributed by atoms with Crippen LogP contribution in [0.25, 0.3) is 0 Å². The van der Waals surface area contributed by atoms with E-state index in [2.05, 4.69) is 48.2 Å². The van der Waals surface area contributed by atoms with Crippen molar-refractivity contribution in [3.63, 3.8) is 0 Å². The fourth-order valence-corrected chi connectivity index (χ4v) is 2.21. The van der Waals surface area contributed by atoms with Gasteiger partial charge < -0.3 is 15.4 Å². The Balaban J connectivity index is 0. The Kier molecular flexibility index (Phi) is 19.0. The first-order valence-corrected chi connectivity index (χ1v) is 8.53.